The highest BCUT2D eigenvalue weighted by Crippen LogP contribution is 2.32. The molecular formula is C39H46O8. The van der Waals surface area contributed by atoms with Crippen molar-refractivity contribution in [1.82, 2.24) is 0 Å². The van der Waals surface area contributed by atoms with Crippen LogP contribution in [0, 0.1) is 0 Å². The van der Waals surface area contributed by atoms with E-state index in [-0.39, 0.29) is 19.6 Å². The average Bonchev–Trinajstić information content (AvgIpc) is 3.11. The zero-order valence-corrected chi connectivity index (χ0v) is 26.9. The lowest BCUT2D eigenvalue weighted by Crippen LogP contribution is -2.61. The predicted molar refractivity (Wildman–Crippen MR) is 178 cm³/mol. The van der Waals surface area contributed by atoms with Crippen molar-refractivity contribution < 1.29 is 38.6 Å². The first-order valence-electron chi connectivity index (χ1n) is 16.3. The van der Waals surface area contributed by atoms with E-state index in [0.717, 1.165) is 22.3 Å². The molecule has 5 unspecified atom stereocenters. The molecule has 1 aliphatic heterocycles. The van der Waals surface area contributed by atoms with Gasteiger partial charge in [-0.05, 0) is 35.6 Å². The van der Waals surface area contributed by atoms with Crippen molar-refractivity contribution in [2.75, 3.05) is 13.2 Å². The van der Waals surface area contributed by atoms with E-state index in [1.54, 1.807) is 6.92 Å². The van der Waals surface area contributed by atoms with Gasteiger partial charge in [-0.2, -0.15) is 0 Å². The van der Waals surface area contributed by atoms with Crippen molar-refractivity contribution in [2.45, 2.75) is 82.7 Å². The van der Waals surface area contributed by atoms with Crippen molar-refractivity contribution in [2.24, 2.45) is 0 Å². The van der Waals surface area contributed by atoms with Gasteiger partial charge in [-0.15, -0.1) is 0 Å². The number of benzene rings is 4. The molecule has 0 radical (unpaired) electrons. The van der Waals surface area contributed by atoms with E-state index in [9.17, 15) is 10.2 Å². The Kier molecular flexibility index (Phi) is 13.9. The van der Waals surface area contributed by atoms with Gasteiger partial charge in [0.05, 0.1) is 51.8 Å². The summed E-state index contributed by atoms with van der Waals surface area (Å²) < 4.78 is 39.1. The molecule has 2 N–H and O–H groups in total. The van der Waals surface area contributed by atoms with Crippen LogP contribution in [0.2, 0.25) is 0 Å². The van der Waals surface area contributed by atoms with E-state index in [4.69, 9.17) is 28.4 Å². The highest BCUT2D eigenvalue weighted by molar-refractivity contribution is 5.16. The Bertz CT molecular complexity index is 1390. The fourth-order valence-corrected chi connectivity index (χ4v) is 5.43. The molecule has 7 atom stereocenters. The molecule has 1 saturated heterocycles. The minimum absolute atomic E-state index is 0.139. The van der Waals surface area contributed by atoms with Gasteiger partial charge >= 0.3 is 0 Å². The summed E-state index contributed by atoms with van der Waals surface area (Å²) in [4.78, 5) is 0. The van der Waals surface area contributed by atoms with Crippen LogP contribution in [0.5, 0.6) is 0 Å². The molecule has 0 amide bonds. The Hall–Kier alpha value is -3.44. The maximum absolute atomic E-state index is 10.3. The average molecular weight is 643 g/mol. The van der Waals surface area contributed by atoms with E-state index in [1.165, 1.54) is 0 Å². The second-order valence-electron chi connectivity index (χ2n) is 11.8. The molecule has 8 heteroatoms. The first-order chi connectivity index (χ1) is 23.1. The standard InChI is InChI=1S/C39H46O8/c1-29(40)34(41)22-23-43-39-38(46-27-33-20-12-5-13-21-33)37(45-26-32-18-10-4-11-19-32)36(44-25-31-16-8-3-9-17-31)35(47-39)28-42-24-30-14-6-2-7-15-30/h2-21,29,34-41H,22-28H2,1H3/t29-,34+,35?,36?,37?,38?,39?/m1/s1. The number of hydrogen-bond acceptors (Lipinski definition) is 8. The molecule has 1 fully saturated rings. The summed E-state index contributed by atoms with van der Waals surface area (Å²) in [6.07, 6.45) is -4.87. The van der Waals surface area contributed by atoms with Crippen molar-refractivity contribution in [3.8, 4) is 0 Å². The minimum atomic E-state index is -0.931. The number of hydrogen-bond donors (Lipinski definition) is 2. The third-order valence-corrected chi connectivity index (χ3v) is 8.09. The van der Waals surface area contributed by atoms with Crippen molar-refractivity contribution in [3.63, 3.8) is 0 Å². The van der Waals surface area contributed by atoms with E-state index in [2.05, 4.69) is 0 Å². The van der Waals surface area contributed by atoms with Gasteiger partial charge in [0.25, 0.3) is 0 Å². The van der Waals surface area contributed by atoms with Gasteiger partial charge in [-0.1, -0.05) is 121 Å². The normalized spacial score (nSPS) is 22.5. The number of ether oxygens (including phenoxy) is 6. The third kappa shape index (κ3) is 11.1. The van der Waals surface area contributed by atoms with Crippen molar-refractivity contribution in [1.29, 1.82) is 0 Å². The molecule has 250 valence electrons. The summed E-state index contributed by atoms with van der Waals surface area (Å²) in [5.41, 5.74) is 4.07. The molecule has 0 aromatic heterocycles. The van der Waals surface area contributed by atoms with E-state index in [1.807, 2.05) is 121 Å². The highest BCUT2D eigenvalue weighted by Gasteiger charge is 2.49. The van der Waals surface area contributed by atoms with Gasteiger partial charge in [0.15, 0.2) is 6.29 Å². The molecule has 1 aliphatic rings. The Morgan fingerprint density at radius 1 is 0.553 bits per heavy atom. The quantitative estimate of drug-likeness (QED) is 0.140. The van der Waals surface area contributed by atoms with Gasteiger partial charge in [-0.25, -0.2) is 0 Å². The first kappa shape index (κ1) is 34.9. The Labute approximate surface area is 277 Å². The summed E-state index contributed by atoms with van der Waals surface area (Å²) in [5, 5.41) is 20.1. The molecule has 5 rings (SSSR count). The molecule has 0 spiro atoms. The summed E-state index contributed by atoms with van der Waals surface area (Å²) in [5.74, 6) is 0. The molecule has 4 aromatic carbocycles. The van der Waals surface area contributed by atoms with Crippen LogP contribution in [-0.4, -0.2) is 66.3 Å². The summed E-state index contributed by atoms with van der Waals surface area (Å²) in [7, 11) is 0. The van der Waals surface area contributed by atoms with E-state index >= 15 is 0 Å². The Morgan fingerprint density at radius 3 is 1.45 bits per heavy atom. The van der Waals surface area contributed by atoms with Gasteiger partial charge in [0.2, 0.25) is 0 Å². The predicted octanol–water partition coefficient (Wildman–Crippen LogP) is 5.83. The second-order valence-corrected chi connectivity index (χ2v) is 11.8. The highest BCUT2D eigenvalue weighted by atomic mass is 16.7. The summed E-state index contributed by atoms with van der Waals surface area (Å²) in [6, 6.07) is 39.8. The van der Waals surface area contributed by atoms with Crippen LogP contribution in [0.3, 0.4) is 0 Å². The fraction of sp³-hybridized carbons (Fsp3) is 0.385. The third-order valence-electron chi connectivity index (χ3n) is 8.09. The largest absolute Gasteiger partial charge is 0.391 e. The molecule has 0 aliphatic carbocycles. The lowest BCUT2D eigenvalue weighted by Gasteiger charge is -2.46. The summed E-state index contributed by atoms with van der Waals surface area (Å²) >= 11 is 0. The molecular weight excluding hydrogens is 596 g/mol. The van der Waals surface area contributed by atoms with Crippen LogP contribution < -0.4 is 0 Å². The Morgan fingerprint density at radius 2 is 0.979 bits per heavy atom. The molecule has 8 nitrogen and oxygen atoms in total. The number of aliphatic hydroxyl groups excluding tert-OH is 2. The zero-order chi connectivity index (χ0) is 32.7. The topological polar surface area (TPSA) is 95.8 Å². The zero-order valence-electron chi connectivity index (χ0n) is 26.9. The van der Waals surface area contributed by atoms with Crippen LogP contribution >= 0.6 is 0 Å². The molecule has 0 saturated carbocycles. The molecule has 1 heterocycles. The lowest BCUT2D eigenvalue weighted by molar-refractivity contribution is -0.329. The van der Waals surface area contributed by atoms with Crippen molar-refractivity contribution >= 4 is 0 Å². The van der Waals surface area contributed by atoms with Crippen LogP contribution in [0.25, 0.3) is 0 Å². The Balaban J connectivity index is 1.42. The van der Waals surface area contributed by atoms with Crippen molar-refractivity contribution in [3.05, 3.63) is 144 Å². The summed E-state index contributed by atoms with van der Waals surface area (Å²) in [6.45, 7) is 3.29. The lowest BCUT2D eigenvalue weighted by atomic mass is 9.97. The van der Waals surface area contributed by atoms with E-state index < -0.39 is 42.9 Å². The van der Waals surface area contributed by atoms with Crippen LogP contribution in [0.15, 0.2) is 121 Å². The van der Waals surface area contributed by atoms with Gasteiger partial charge < -0.3 is 38.6 Å². The van der Waals surface area contributed by atoms with E-state index in [0.29, 0.717) is 26.4 Å². The maximum Gasteiger partial charge on any atom is 0.186 e. The SMILES string of the molecule is C[C@@H](O)[C@@H](O)CCOC1OC(COCc2ccccc2)C(OCc2ccccc2)C(OCc2ccccc2)C1OCc1ccccc1. The van der Waals surface area contributed by atoms with Gasteiger partial charge in [-0.3, -0.25) is 0 Å². The molecule has 4 aromatic rings. The monoisotopic (exact) mass is 642 g/mol. The van der Waals surface area contributed by atoms with Crippen LogP contribution in [0.4, 0.5) is 0 Å². The number of rotatable bonds is 18. The van der Waals surface area contributed by atoms with Gasteiger partial charge in [0.1, 0.15) is 24.4 Å². The molecule has 47 heavy (non-hydrogen) atoms. The van der Waals surface area contributed by atoms with Crippen LogP contribution in [-0.2, 0) is 54.8 Å². The molecule has 0 bridgehead atoms. The fourth-order valence-electron chi connectivity index (χ4n) is 5.43. The first-order valence-corrected chi connectivity index (χ1v) is 16.3. The van der Waals surface area contributed by atoms with Crippen LogP contribution in [0.1, 0.15) is 35.6 Å². The smallest absolute Gasteiger partial charge is 0.186 e. The minimum Gasteiger partial charge on any atom is -0.391 e. The second kappa shape index (κ2) is 18.8. The van der Waals surface area contributed by atoms with Gasteiger partial charge in [0, 0.05) is 0 Å². The number of aliphatic hydroxyl groups is 2. The maximum atomic E-state index is 10.3.